The van der Waals surface area contributed by atoms with Crippen molar-refractivity contribution in [3.8, 4) is 0 Å². The van der Waals surface area contributed by atoms with Crippen LogP contribution in [0.1, 0.15) is 49.9 Å². The van der Waals surface area contributed by atoms with Gasteiger partial charge in [0.05, 0.1) is 6.54 Å². The summed E-state index contributed by atoms with van der Waals surface area (Å²) < 4.78 is 1.26. The topological polar surface area (TPSA) is 101 Å². The summed E-state index contributed by atoms with van der Waals surface area (Å²) >= 11 is 0. The summed E-state index contributed by atoms with van der Waals surface area (Å²) in [6, 6.07) is 0. The number of hydrogen-bond donors (Lipinski definition) is 2. The molecule has 0 aromatic carbocycles. The number of nitrogens with zero attached hydrogens (tertiary/aromatic N) is 2. The van der Waals surface area contributed by atoms with Gasteiger partial charge in [0.2, 0.25) is 0 Å². The van der Waals surface area contributed by atoms with E-state index in [4.69, 9.17) is 5.73 Å². The van der Waals surface area contributed by atoms with Gasteiger partial charge in [0, 0.05) is 13.1 Å². The van der Waals surface area contributed by atoms with Gasteiger partial charge in [-0.3, -0.25) is 24.0 Å². The van der Waals surface area contributed by atoms with E-state index in [1.54, 1.807) is 0 Å². The fourth-order valence-electron chi connectivity index (χ4n) is 3.21. The second-order valence-corrected chi connectivity index (χ2v) is 6.25. The lowest BCUT2D eigenvalue weighted by Gasteiger charge is -2.31. The van der Waals surface area contributed by atoms with E-state index in [0.29, 0.717) is 18.9 Å². The first kappa shape index (κ1) is 17.5. The smallest absolute Gasteiger partial charge is 0.329 e. The average molecular weight is 322 g/mol. The van der Waals surface area contributed by atoms with Crippen LogP contribution in [0.25, 0.3) is 0 Å². The van der Waals surface area contributed by atoms with Crippen molar-refractivity contribution in [2.24, 2.45) is 5.92 Å². The largest absolute Gasteiger partial charge is 0.384 e. The van der Waals surface area contributed by atoms with Crippen LogP contribution < -0.4 is 17.0 Å². The summed E-state index contributed by atoms with van der Waals surface area (Å²) in [6.07, 6.45) is 4.03. The second kappa shape index (κ2) is 7.59. The molecule has 1 fully saturated rings. The van der Waals surface area contributed by atoms with Gasteiger partial charge in [-0.1, -0.05) is 20.3 Å². The van der Waals surface area contributed by atoms with E-state index in [1.165, 1.54) is 11.0 Å². The number of anilines is 1. The molecule has 0 aliphatic carbocycles. The van der Waals surface area contributed by atoms with Crippen LogP contribution in [0.2, 0.25) is 0 Å². The number of carbonyl (C=O) groups is 1. The van der Waals surface area contributed by atoms with Crippen LogP contribution in [0.4, 0.5) is 5.82 Å². The number of likely N-dealkylation sites (tertiary alicyclic amines) is 1. The highest BCUT2D eigenvalue weighted by Gasteiger charge is 2.24. The van der Waals surface area contributed by atoms with Crippen LogP contribution >= 0.6 is 0 Å². The van der Waals surface area contributed by atoms with Crippen molar-refractivity contribution in [1.82, 2.24) is 14.5 Å². The molecular formula is C16H26N4O3. The Balaban J connectivity index is 2.24. The van der Waals surface area contributed by atoms with Crippen LogP contribution in [-0.4, -0.2) is 39.9 Å². The number of ketones is 1. The normalized spacial score (nSPS) is 19.0. The van der Waals surface area contributed by atoms with E-state index in [1.807, 2.05) is 6.92 Å². The second-order valence-electron chi connectivity index (χ2n) is 6.25. The number of hydrogen-bond acceptors (Lipinski definition) is 5. The molecule has 23 heavy (non-hydrogen) atoms. The molecule has 1 atom stereocenters. The highest BCUT2D eigenvalue weighted by Crippen LogP contribution is 2.19. The van der Waals surface area contributed by atoms with Crippen molar-refractivity contribution < 1.29 is 4.79 Å². The molecule has 7 heteroatoms. The van der Waals surface area contributed by atoms with E-state index in [9.17, 15) is 14.4 Å². The van der Waals surface area contributed by atoms with Crippen molar-refractivity contribution in [1.29, 1.82) is 0 Å². The van der Waals surface area contributed by atoms with E-state index in [-0.39, 0.29) is 23.7 Å². The van der Waals surface area contributed by atoms with E-state index in [0.717, 1.165) is 25.9 Å². The van der Waals surface area contributed by atoms with E-state index >= 15 is 0 Å². The Morgan fingerprint density at radius 2 is 2.09 bits per heavy atom. The Labute approximate surface area is 135 Å². The Kier molecular flexibility index (Phi) is 5.76. The Bertz CT molecular complexity index is 677. The van der Waals surface area contributed by atoms with Gasteiger partial charge in [-0.15, -0.1) is 0 Å². The Hall–Kier alpha value is -1.89. The molecule has 1 saturated heterocycles. The molecule has 7 nitrogen and oxygen atoms in total. The molecule has 0 unspecified atom stereocenters. The number of piperidine rings is 1. The maximum Gasteiger partial charge on any atom is 0.329 e. The zero-order chi connectivity index (χ0) is 17.0. The van der Waals surface area contributed by atoms with Gasteiger partial charge in [-0.25, -0.2) is 4.79 Å². The third kappa shape index (κ3) is 3.90. The Morgan fingerprint density at radius 3 is 2.74 bits per heavy atom. The summed E-state index contributed by atoms with van der Waals surface area (Å²) in [5, 5.41) is 0. The number of H-pyrrole nitrogens is 1. The zero-order valence-electron chi connectivity index (χ0n) is 13.9. The predicted molar refractivity (Wildman–Crippen MR) is 89.8 cm³/mol. The molecule has 0 bridgehead atoms. The standard InChI is InChI=1S/C16H26N4O3/c1-3-7-20-14(17)13(15(22)18-16(20)23)12(21)10-19-8-5-6-11(4-2)9-19/h11H,3-10,17H2,1-2H3,(H,18,22,23)/t11-/m0/s1. The molecule has 2 rings (SSSR count). The van der Waals surface area contributed by atoms with Gasteiger partial charge in [0.25, 0.3) is 5.56 Å². The zero-order valence-corrected chi connectivity index (χ0v) is 13.9. The van der Waals surface area contributed by atoms with Gasteiger partial charge < -0.3 is 5.73 Å². The highest BCUT2D eigenvalue weighted by atomic mass is 16.2. The van der Waals surface area contributed by atoms with Gasteiger partial charge in [0.1, 0.15) is 11.4 Å². The molecule has 1 aromatic rings. The van der Waals surface area contributed by atoms with Crippen molar-refractivity contribution in [3.05, 3.63) is 26.4 Å². The lowest BCUT2D eigenvalue weighted by molar-refractivity contribution is 0.0883. The Morgan fingerprint density at radius 1 is 1.35 bits per heavy atom. The van der Waals surface area contributed by atoms with E-state index in [2.05, 4.69) is 16.8 Å². The van der Waals surface area contributed by atoms with Crippen LogP contribution in [0.15, 0.2) is 9.59 Å². The molecule has 1 aromatic heterocycles. The molecule has 1 aliphatic heterocycles. The van der Waals surface area contributed by atoms with Crippen LogP contribution in [0, 0.1) is 5.92 Å². The maximum atomic E-state index is 12.6. The fraction of sp³-hybridized carbons (Fsp3) is 0.688. The van der Waals surface area contributed by atoms with Gasteiger partial charge in [0.15, 0.2) is 5.78 Å². The van der Waals surface area contributed by atoms with Gasteiger partial charge >= 0.3 is 5.69 Å². The molecule has 0 amide bonds. The lowest BCUT2D eigenvalue weighted by Crippen LogP contribution is -2.42. The van der Waals surface area contributed by atoms with Crippen molar-refractivity contribution in [2.45, 2.75) is 46.1 Å². The first-order valence-corrected chi connectivity index (χ1v) is 8.36. The van der Waals surface area contributed by atoms with Gasteiger partial charge in [-0.05, 0) is 31.7 Å². The number of rotatable bonds is 6. The first-order chi connectivity index (χ1) is 11.0. The van der Waals surface area contributed by atoms with E-state index < -0.39 is 11.2 Å². The van der Waals surface area contributed by atoms with Crippen molar-refractivity contribution in [3.63, 3.8) is 0 Å². The molecule has 1 aliphatic rings. The van der Waals surface area contributed by atoms with Crippen LogP contribution in [-0.2, 0) is 6.54 Å². The lowest BCUT2D eigenvalue weighted by atomic mass is 9.95. The molecular weight excluding hydrogens is 296 g/mol. The minimum atomic E-state index is -0.686. The minimum absolute atomic E-state index is 0.0188. The van der Waals surface area contributed by atoms with Gasteiger partial charge in [-0.2, -0.15) is 0 Å². The van der Waals surface area contributed by atoms with Crippen LogP contribution in [0.5, 0.6) is 0 Å². The maximum absolute atomic E-state index is 12.6. The number of nitrogens with one attached hydrogen (secondary N) is 1. The number of nitrogen functional groups attached to an aromatic ring is 1. The summed E-state index contributed by atoms with van der Waals surface area (Å²) in [6.45, 7) is 6.33. The minimum Gasteiger partial charge on any atom is -0.384 e. The van der Waals surface area contributed by atoms with Crippen molar-refractivity contribution >= 4 is 11.6 Å². The third-order valence-corrected chi connectivity index (χ3v) is 4.51. The monoisotopic (exact) mass is 322 g/mol. The summed E-state index contributed by atoms with van der Waals surface area (Å²) in [7, 11) is 0. The summed E-state index contributed by atoms with van der Waals surface area (Å²) in [5.41, 5.74) is 4.60. The van der Waals surface area contributed by atoms with Crippen LogP contribution in [0.3, 0.4) is 0 Å². The number of aromatic nitrogens is 2. The molecule has 0 spiro atoms. The number of nitrogens with two attached hydrogens (primary N) is 1. The summed E-state index contributed by atoms with van der Waals surface area (Å²) in [4.78, 5) is 40.7. The third-order valence-electron chi connectivity index (χ3n) is 4.51. The summed E-state index contributed by atoms with van der Waals surface area (Å²) in [5.74, 6) is 0.265. The van der Waals surface area contributed by atoms with Crippen molar-refractivity contribution in [2.75, 3.05) is 25.4 Å². The number of carbonyl (C=O) groups excluding carboxylic acids is 1. The molecule has 0 saturated carbocycles. The average Bonchev–Trinajstić information content (AvgIpc) is 2.51. The SMILES string of the molecule is CCCn1c(N)c(C(=O)CN2CCC[C@H](CC)C2)c(=O)[nH]c1=O. The fourth-order valence-corrected chi connectivity index (χ4v) is 3.21. The molecule has 3 N–H and O–H groups in total. The number of aromatic amines is 1. The highest BCUT2D eigenvalue weighted by molar-refractivity contribution is 6.01. The number of Topliss-reactive ketones (excluding diaryl/α,β-unsaturated/α-hetero) is 1. The quantitative estimate of drug-likeness (QED) is 0.756. The molecule has 2 heterocycles. The first-order valence-electron chi connectivity index (χ1n) is 8.36. The molecule has 128 valence electrons. The predicted octanol–water partition coefficient (Wildman–Crippen LogP) is 0.834. The molecule has 0 radical (unpaired) electrons.